The number of aromatic nitrogens is 4. The first-order chi connectivity index (χ1) is 12.5. The molecule has 0 radical (unpaired) electrons. The number of amides is 1. The highest BCUT2D eigenvalue weighted by Gasteiger charge is 2.24. The van der Waals surface area contributed by atoms with Crippen molar-refractivity contribution in [3.63, 3.8) is 0 Å². The van der Waals surface area contributed by atoms with Gasteiger partial charge in [-0.25, -0.2) is 4.98 Å². The molecule has 132 valence electrons. The van der Waals surface area contributed by atoms with Crippen LogP contribution < -0.4 is 5.32 Å². The maximum Gasteiger partial charge on any atom is 0.271 e. The SMILES string of the molecule is Cc1nn(C)cc1-c1ccc2nc(C(=O)NC3CCN(C#N)C3)cn2c1. The highest BCUT2D eigenvalue weighted by atomic mass is 16.2. The molecule has 1 aliphatic heterocycles. The number of pyridine rings is 1. The fraction of sp³-hybridized carbons (Fsp3) is 0.333. The van der Waals surface area contributed by atoms with E-state index in [-0.39, 0.29) is 11.9 Å². The molecule has 8 heteroatoms. The Morgan fingerprint density at radius 3 is 2.88 bits per heavy atom. The van der Waals surface area contributed by atoms with Crippen molar-refractivity contribution in [1.82, 2.24) is 29.4 Å². The van der Waals surface area contributed by atoms with Crippen LogP contribution in [-0.4, -0.2) is 49.1 Å². The maximum atomic E-state index is 12.5. The number of hydrogen-bond acceptors (Lipinski definition) is 5. The highest BCUT2D eigenvalue weighted by molar-refractivity contribution is 5.93. The van der Waals surface area contributed by atoms with E-state index in [1.54, 1.807) is 15.8 Å². The number of carbonyl (C=O) groups is 1. The number of nitrogens with zero attached hydrogens (tertiary/aromatic N) is 6. The Morgan fingerprint density at radius 2 is 2.19 bits per heavy atom. The van der Waals surface area contributed by atoms with Crippen molar-refractivity contribution in [1.29, 1.82) is 5.26 Å². The molecule has 1 aliphatic rings. The number of nitrogens with one attached hydrogen (secondary N) is 1. The van der Waals surface area contributed by atoms with E-state index in [4.69, 9.17) is 5.26 Å². The van der Waals surface area contributed by atoms with Crippen molar-refractivity contribution >= 4 is 11.6 Å². The smallest absolute Gasteiger partial charge is 0.271 e. The minimum absolute atomic E-state index is 0.0134. The molecule has 0 bridgehead atoms. The number of fused-ring (bicyclic) bond motifs is 1. The summed E-state index contributed by atoms with van der Waals surface area (Å²) in [6.45, 7) is 3.21. The van der Waals surface area contributed by atoms with Crippen LogP contribution in [0.2, 0.25) is 0 Å². The lowest BCUT2D eigenvalue weighted by molar-refractivity contribution is 0.0934. The van der Waals surface area contributed by atoms with E-state index < -0.39 is 0 Å². The van der Waals surface area contributed by atoms with E-state index in [2.05, 4.69) is 21.6 Å². The van der Waals surface area contributed by atoms with Gasteiger partial charge < -0.3 is 14.6 Å². The third kappa shape index (κ3) is 2.88. The van der Waals surface area contributed by atoms with E-state index in [1.807, 2.05) is 42.9 Å². The average molecular weight is 349 g/mol. The second-order valence-corrected chi connectivity index (χ2v) is 6.62. The van der Waals surface area contributed by atoms with E-state index in [1.165, 1.54) is 0 Å². The predicted molar refractivity (Wildman–Crippen MR) is 95.2 cm³/mol. The van der Waals surface area contributed by atoms with E-state index in [0.29, 0.717) is 24.4 Å². The molecule has 1 fully saturated rings. The van der Waals surface area contributed by atoms with E-state index in [9.17, 15) is 4.79 Å². The molecule has 1 N–H and O–H groups in total. The Morgan fingerprint density at radius 1 is 1.35 bits per heavy atom. The summed E-state index contributed by atoms with van der Waals surface area (Å²) >= 11 is 0. The van der Waals surface area contributed by atoms with Crippen LogP contribution in [0.3, 0.4) is 0 Å². The molecule has 8 nitrogen and oxygen atoms in total. The topological polar surface area (TPSA) is 91.2 Å². The van der Waals surface area contributed by atoms with E-state index >= 15 is 0 Å². The maximum absolute atomic E-state index is 12.5. The molecule has 1 atom stereocenters. The lowest BCUT2D eigenvalue weighted by Crippen LogP contribution is -2.36. The van der Waals surface area contributed by atoms with Gasteiger partial charge in [-0.3, -0.25) is 9.48 Å². The van der Waals surface area contributed by atoms with Gasteiger partial charge in [0.25, 0.3) is 5.91 Å². The molecular formula is C18H19N7O. The van der Waals surface area contributed by atoms with Crippen molar-refractivity contribution in [2.75, 3.05) is 13.1 Å². The lowest BCUT2D eigenvalue weighted by atomic mass is 10.1. The van der Waals surface area contributed by atoms with Gasteiger partial charge in [0.1, 0.15) is 11.3 Å². The summed E-state index contributed by atoms with van der Waals surface area (Å²) in [5, 5.41) is 16.2. The number of hydrogen-bond donors (Lipinski definition) is 1. The van der Waals surface area contributed by atoms with Crippen LogP contribution in [0.15, 0.2) is 30.7 Å². The molecule has 3 aromatic rings. The van der Waals surface area contributed by atoms with Gasteiger partial charge >= 0.3 is 0 Å². The standard InChI is InChI=1S/C18H19N7O/c1-12-15(9-23(2)22-12)13-3-4-17-21-16(10-25(17)7-13)18(26)20-14-5-6-24(8-14)11-19/h3-4,7,9-10,14H,5-6,8H2,1-2H3,(H,20,26). The summed E-state index contributed by atoms with van der Waals surface area (Å²) in [7, 11) is 1.89. The second-order valence-electron chi connectivity index (χ2n) is 6.62. The Balaban J connectivity index is 1.57. The van der Waals surface area contributed by atoms with Gasteiger partial charge in [-0.1, -0.05) is 0 Å². The molecule has 1 unspecified atom stereocenters. The Kier molecular flexibility index (Phi) is 3.84. The van der Waals surface area contributed by atoms with Crippen molar-refractivity contribution in [2.45, 2.75) is 19.4 Å². The quantitative estimate of drug-likeness (QED) is 0.720. The van der Waals surface area contributed by atoms with Crippen LogP contribution in [-0.2, 0) is 7.05 Å². The largest absolute Gasteiger partial charge is 0.346 e. The normalized spacial score (nSPS) is 16.8. The molecule has 4 heterocycles. The molecule has 0 aliphatic carbocycles. The minimum atomic E-state index is -0.211. The van der Waals surface area contributed by atoms with Gasteiger partial charge in [-0.2, -0.15) is 10.4 Å². The first-order valence-electron chi connectivity index (χ1n) is 8.48. The molecule has 3 aromatic heterocycles. The van der Waals surface area contributed by atoms with Crippen LogP contribution in [0.1, 0.15) is 22.6 Å². The molecule has 0 spiro atoms. The predicted octanol–water partition coefficient (Wildman–Crippen LogP) is 1.33. The zero-order valence-electron chi connectivity index (χ0n) is 14.7. The Bertz CT molecular complexity index is 1030. The van der Waals surface area contributed by atoms with Gasteiger partial charge in [0.05, 0.1) is 5.69 Å². The summed E-state index contributed by atoms with van der Waals surface area (Å²) in [6, 6.07) is 3.86. The Hall–Kier alpha value is -3.34. The Labute approximate surface area is 150 Å². The summed E-state index contributed by atoms with van der Waals surface area (Å²) in [5.74, 6) is -0.211. The van der Waals surface area contributed by atoms with Crippen LogP contribution in [0, 0.1) is 18.4 Å². The first-order valence-corrected chi connectivity index (χ1v) is 8.48. The number of nitriles is 1. The summed E-state index contributed by atoms with van der Waals surface area (Å²) in [4.78, 5) is 18.5. The summed E-state index contributed by atoms with van der Waals surface area (Å²) in [6.07, 6.45) is 8.55. The van der Waals surface area contributed by atoms with Gasteiger partial charge in [0.15, 0.2) is 6.19 Å². The monoisotopic (exact) mass is 349 g/mol. The summed E-state index contributed by atoms with van der Waals surface area (Å²) < 4.78 is 3.64. The number of rotatable bonds is 3. The minimum Gasteiger partial charge on any atom is -0.346 e. The molecule has 0 saturated carbocycles. The molecule has 1 saturated heterocycles. The molecule has 26 heavy (non-hydrogen) atoms. The van der Waals surface area contributed by atoms with Crippen molar-refractivity contribution in [2.24, 2.45) is 7.05 Å². The van der Waals surface area contributed by atoms with Crippen molar-refractivity contribution in [3.05, 3.63) is 42.1 Å². The second kappa shape index (κ2) is 6.19. The first kappa shape index (κ1) is 16.1. The fourth-order valence-electron chi connectivity index (χ4n) is 3.37. The zero-order chi connectivity index (χ0) is 18.3. The van der Waals surface area contributed by atoms with Crippen LogP contribution in [0.5, 0.6) is 0 Å². The van der Waals surface area contributed by atoms with Gasteiger partial charge in [0, 0.05) is 55.9 Å². The number of imidazole rings is 1. The zero-order valence-corrected chi connectivity index (χ0v) is 14.7. The highest BCUT2D eigenvalue weighted by Crippen LogP contribution is 2.23. The molecular weight excluding hydrogens is 330 g/mol. The fourth-order valence-corrected chi connectivity index (χ4v) is 3.37. The lowest BCUT2D eigenvalue weighted by Gasteiger charge is -2.10. The van der Waals surface area contributed by atoms with E-state index in [0.717, 1.165) is 23.2 Å². The molecule has 0 aromatic carbocycles. The third-order valence-corrected chi connectivity index (χ3v) is 4.67. The van der Waals surface area contributed by atoms with Crippen LogP contribution in [0.25, 0.3) is 16.8 Å². The molecule has 4 rings (SSSR count). The van der Waals surface area contributed by atoms with Gasteiger partial charge in [-0.05, 0) is 25.5 Å². The molecule has 1 amide bonds. The van der Waals surface area contributed by atoms with Crippen molar-refractivity contribution in [3.8, 4) is 17.3 Å². The van der Waals surface area contributed by atoms with Gasteiger partial charge in [0.2, 0.25) is 0 Å². The van der Waals surface area contributed by atoms with Crippen molar-refractivity contribution < 1.29 is 4.79 Å². The summed E-state index contributed by atoms with van der Waals surface area (Å²) in [5.41, 5.74) is 4.11. The van der Waals surface area contributed by atoms with Crippen LogP contribution in [0.4, 0.5) is 0 Å². The number of likely N-dealkylation sites (tertiary alicyclic amines) is 1. The van der Waals surface area contributed by atoms with Gasteiger partial charge in [-0.15, -0.1) is 0 Å². The van der Waals surface area contributed by atoms with Crippen LogP contribution >= 0.6 is 0 Å². The average Bonchev–Trinajstić information content (AvgIpc) is 3.32. The third-order valence-electron chi connectivity index (χ3n) is 4.67. The number of aryl methyl sites for hydroxylation is 2. The number of carbonyl (C=O) groups excluding carboxylic acids is 1.